The Morgan fingerprint density at radius 3 is 2.71 bits per heavy atom. The predicted octanol–water partition coefficient (Wildman–Crippen LogP) is 3.29. The molecule has 0 bridgehead atoms. The smallest absolute Gasteiger partial charge is 0.0705 e. The second-order valence-electron chi connectivity index (χ2n) is 5.33. The van der Waals surface area contributed by atoms with Crippen LogP contribution < -0.4 is 11.3 Å². The summed E-state index contributed by atoms with van der Waals surface area (Å²) >= 11 is 0. The number of pyridine rings is 1. The van der Waals surface area contributed by atoms with Gasteiger partial charge in [0.25, 0.3) is 0 Å². The topological polar surface area (TPSA) is 50.9 Å². The summed E-state index contributed by atoms with van der Waals surface area (Å²) < 4.78 is 0. The number of nitrogens with two attached hydrogens (primary N) is 1. The van der Waals surface area contributed by atoms with Gasteiger partial charge in [-0.05, 0) is 24.6 Å². The molecule has 0 spiro atoms. The van der Waals surface area contributed by atoms with Gasteiger partial charge in [-0.3, -0.25) is 16.3 Å². The molecule has 1 atom stereocenters. The number of fused-ring (bicyclic) bond motifs is 1. The molecule has 0 fully saturated rings. The van der Waals surface area contributed by atoms with E-state index in [4.69, 9.17) is 10.8 Å². The molecule has 3 nitrogen and oxygen atoms in total. The van der Waals surface area contributed by atoms with Crippen LogP contribution in [0.1, 0.15) is 22.9 Å². The average molecular weight is 277 g/mol. The number of rotatable bonds is 4. The Kier molecular flexibility index (Phi) is 3.95. The van der Waals surface area contributed by atoms with Gasteiger partial charge in [-0.2, -0.15) is 0 Å². The third-order valence-electron chi connectivity index (χ3n) is 3.72. The van der Waals surface area contributed by atoms with Crippen LogP contribution in [0, 0.1) is 6.92 Å². The summed E-state index contributed by atoms with van der Waals surface area (Å²) in [7, 11) is 0. The van der Waals surface area contributed by atoms with E-state index in [9.17, 15) is 0 Å². The van der Waals surface area contributed by atoms with E-state index in [0.717, 1.165) is 23.0 Å². The quantitative estimate of drug-likeness (QED) is 0.568. The first-order chi connectivity index (χ1) is 10.3. The molecule has 1 unspecified atom stereocenters. The molecule has 3 heteroatoms. The van der Waals surface area contributed by atoms with E-state index in [1.807, 2.05) is 18.2 Å². The van der Waals surface area contributed by atoms with Crippen LogP contribution in [0.25, 0.3) is 10.9 Å². The zero-order valence-corrected chi connectivity index (χ0v) is 12.1. The van der Waals surface area contributed by atoms with Crippen LogP contribution in [-0.2, 0) is 6.42 Å². The van der Waals surface area contributed by atoms with E-state index in [1.54, 1.807) is 0 Å². The number of nitrogens with zero attached hydrogens (tertiary/aromatic N) is 1. The molecule has 0 aliphatic heterocycles. The minimum Gasteiger partial charge on any atom is -0.271 e. The van der Waals surface area contributed by atoms with Crippen molar-refractivity contribution in [1.82, 2.24) is 10.4 Å². The predicted molar refractivity (Wildman–Crippen MR) is 86.7 cm³/mol. The second-order valence-corrected chi connectivity index (χ2v) is 5.33. The Hall–Kier alpha value is -2.23. The molecular weight excluding hydrogens is 258 g/mol. The molecule has 1 aromatic heterocycles. The summed E-state index contributed by atoms with van der Waals surface area (Å²) in [6, 6.07) is 20.8. The van der Waals surface area contributed by atoms with Crippen molar-refractivity contribution in [1.29, 1.82) is 0 Å². The lowest BCUT2D eigenvalue weighted by molar-refractivity contribution is 0.546. The van der Waals surface area contributed by atoms with Crippen molar-refractivity contribution >= 4 is 10.9 Å². The number of benzene rings is 2. The van der Waals surface area contributed by atoms with E-state index in [0.29, 0.717) is 0 Å². The van der Waals surface area contributed by atoms with E-state index >= 15 is 0 Å². The number of aromatic nitrogens is 1. The van der Waals surface area contributed by atoms with Gasteiger partial charge in [0.05, 0.1) is 11.6 Å². The highest BCUT2D eigenvalue weighted by Crippen LogP contribution is 2.20. The van der Waals surface area contributed by atoms with Gasteiger partial charge in [0, 0.05) is 17.5 Å². The fourth-order valence-electron chi connectivity index (χ4n) is 2.59. The van der Waals surface area contributed by atoms with E-state index < -0.39 is 0 Å². The number of hydrazine groups is 1. The maximum atomic E-state index is 5.74. The third kappa shape index (κ3) is 3.10. The number of aryl methyl sites for hydroxylation is 1. The zero-order chi connectivity index (χ0) is 14.7. The first kappa shape index (κ1) is 13.7. The molecule has 3 aromatic rings. The van der Waals surface area contributed by atoms with Gasteiger partial charge in [-0.1, -0.05) is 54.1 Å². The lowest BCUT2D eigenvalue weighted by atomic mass is 10.00. The molecule has 3 N–H and O–H groups in total. The molecule has 0 saturated heterocycles. The van der Waals surface area contributed by atoms with Gasteiger partial charge < -0.3 is 0 Å². The van der Waals surface area contributed by atoms with Crippen molar-refractivity contribution in [3.05, 3.63) is 77.5 Å². The van der Waals surface area contributed by atoms with Crippen molar-refractivity contribution in [2.75, 3.05) is 0 Å². The Morgan fingerprint density at radius 2 is 1.90 bits per heavy atom. The Bertz CT molecular complexity index is 752. The monoisotopic (exact) mass is 277 g/mol. The van der Waals surface area contributed by atoms with Crippen LogP contribution in [0.15, 0.2) is 60.7 Å². The molecule has 0 amide bonds. The maximum absolute atomic E-state index is 5.74. The molecule has 0 aliphatic carbocycles. The summed E-state index contributed by atoms with van der Waals surface area (Å²) in [5, 5.41) is 1.16. The Labute approximate surface area is 124 Å². The minimum absolute atomic E-state index is 0.0681. The molecule has 0 radical (unpaired) electrons. The number of nitrogens with one attached hydrogen (secondary N) is 1. The first-order valence-corrected chi connectivity index (χ1v) is 7.13. The third-order valence-corrected chi connectivity index (χ3v) is 3.72. The normalized spacial score (nSPS) is 12.5. The second kappa shape index (κ2) is 6.04. The van der Waals surface area contributed by atoms with Crippen LogP contribution in [0.4, 0.5) is 0 Å². The number of para-hydroxylation sites is 1. The van der Waals surface area contributed by atoms with Crippen LogP contribution >= 0.6 is 0 Å². The van der Waals surface area contributed by atoms with E-state index in [1.165, 1.54) is 11.1 Å². The largest absolute Gasteiger partial charge is 0.271 e. The lowest BCUT2D eigenvalue weighted by Crippen LogP contribution is -2.29. The summed E-state index contributed by atoms with van der Waals surface area (Å²) in [5.41, 5.74) is 7.39. The summed E-state index contributed by atoms with van der Waals surface area (Å²) in [4.78, 5) is 4.72. The fourth-order valence-corrected chi connectivity index (χ4v) is 2.59. The summed E-state index contributed by atoms with van der Waals surface area (Å²) in [6.07, 6.45) is 0.769. The molecule has 21 heavy (non-hydrogen) atoms. The SMILES string of the molecule is Cc1cccc(C(Cc2ccc3ccccc3n2)NN)c1. The van der Waals surface area contributed by atoms with E-state index in [2.05, 4.69) is 54.8 Å². The van der Waals surface area contributed by atoms with Crippen LogP contribution in [-0.4, -0.2) is 4.98 Å². The number of hydrogen-bond donors (Lipinski definition) is 2. The number of hydrogen-bond acceptors (Lipinski definition) is 3. The Morgan fingerprint density at radius 1 is 1.05 bits per heavy atom. The average Bonchev–Trinajstić information content (AvgIpc) is 2.52. The lowest BCUT2D eigenvalue weighted by Gasteiger charge is -2.16. The fraction of sp³-hybridized carbons (Fsp3) is 0.167. The van der Waals surface area contributed by atoms with Crippen LogP contribution in [0.2, 0.25) is 0 Å². The van der Waals surface area contributed by atoms with Gasteiger partial charge >= 0.3 is 0 Å². The van der Waals surface area contributed by atoms with Crippen molar-refractivity contribution in [2.24, 2.45) is 5.84 Å². The van der Waals surface area contributed by atoms with Crippen molar-refractivity contribution in [3.8, 4) is 0 Å². The van der Waals surface area contributed by atoms with Gasteiger partial charge in [0.15, 0.2) is 0 Å². The van der Waals surface area contributed by atoms with Gasteiger partial charge in [-0.25, -0.2) is 0 Å². The van der Waals surface area contributed by atoms with Gasteiger partial charge in [0.1, 0.15) is 0 Å². The molecular formula is C18H19N3. The van der Waals surface area contributed by atoms with Gasteiger partial charge in [-0.15, -0.1) is 0 Å². The minimum atomic E-state index is 0.0681. The van der Waals surface area contributed by atoms with Crippen molar-refractivity contribution in [3.63, 3.8) is 0 Å². The van der Waals surface area contributed by atoms with Crippen molar-refractivity contribution < 1.29 is 0 Å². The molecule has 106 valence electrons. The highest BCUT2D eigenvalue weighted by Gasteiger charge is 2.11. The first-order valence-electron chi connectivity index (χ1n) is 7.13. The molecule has 1 heterocycles. The zero-order valence-electron chi connectivity index (χ0n) is 12.1. The van der Waals surface area contributed by atoms with Gasteiger partial charge in [0.2, 0.25) is 0 Å². The van der Waals surface area contributed by atoms with Crippen LogP contribution in [0.3, 0.4) is 0 Å². The summed E-state index contributed by atoms with van der Waals surface area (Å²) in [5.74, 6) is 5.74. The van der Waals surface area contributed by atoms with E-state index in [-0.39, 0.29) is 6.04 Å². The highest BCUT2D eigenvalue weighted by molar-refractivity contribution is 5.78. The standard InChI is InChI=1S/C18H19N3/c1-13-5-4-7-15(11-13)18(21-19)12-16-10-9-14-6-2-3-8-17(14)20-16/h2-11,18,21H,12,19H2,1H3. The molecule has 0 saturated carbocycles. The molecule has 2 aromatic carbocycles. The molecule has 0 aliphatic rings. The summed E-state index contributed by atoms with van der Waals surface area (Å²) in [6.45, 7) is 2.09. The van der Waals surface area contributed by atoms with Crippen molar-refractivity contribution in [2.45, 2.75) is 19.4 Å². The van der Waals surface area contributed by atoms with Crippen LogP contribution in [0.5, 0.6) is 0 Å². The highest BCUT2D eigenvalue weighted by atomic mass is 15.2. The maximum Gasteiger partial charge on any atom is 0.0705 e. The Balaban J connectivity index is 1.88. The molecule has 3 rings (SSSR count).